The lowest BCUT2D eigenvalue weighted by molar-refractivity contribution is -0.370. The number of hydrogen-bond donors (Lipinski definition) is 3. The fraction of sp³-hybridized carbons (Fsp3) is 0.451. The molecule has 7 rings (SSSR count). The average molecular weight is 1270 g/mol. The average Bonchev–Trinajstić information content (AvgIpc) is 3.47. The van der Waals surface area contributed by atoms with Gasteiger partial charge in [-0.3, -0.25) is 5.41 Å². The standard InChI is InChI=1S/C51H52Cl9N3O15/c1-29(42(64)69-24-32-18-10-4-11-19-32)73-41-37(63-48(66)72-28-50(55,56)57)45(78-46(61)51(58,59)60)74-34(25-67-22-30-14-6-2-7-15-30)39(41)77-44-36(62-47(65)71-27-49(52,53)54)40(68-23-31-16-8-3-9-17-31)38-35(75-44)26-70-43(76-38)33-20-12-5-13-21-33/h2-21,29,34-41,43-45,61H,22-28H2,1H3,(H,62,65)(H,63,66)/t29?,34-,35-,36-,37-,38-,39-,40-,41-,43?,44+,45?/m1/s1. The zero-order chi connectivity index (χ0) is 56.0. The summed E-state index contributed by atoms with van der Waals surface area (Å²) in [6.45, 7) is -0.750. The molecule has 424 valence electrons. The maximum atomic E-state index is 14.0. The van der Waals surface area contributed by atoms with E-state index in [0.717, 1.165) is 11.1 Å². The second-order valence-corrected chi connectivity index (χ2v) is 24.9. The summed E-state index contributed by atoms with van der Waals surface area (Å²) in [5.74, 6) is -1.85. The van der Waals surface area contributed by atoms with Crippen molar-refractivity contribution in [1.29, 1.82) is 5.41 Å². The van der Waals surface area contributed by atoms with Gasteiger partial charge in [-0.15, -0.1) is 0 Å². The van der Waals surface area contributed by atoms with Crippen LogP contribution in [0.25, 0.3) is 0 Å². The van der Waals surface area contributed by atoms with Crippen LogP contribution in [0.4, 0.5) is 9.59 Å². The van der Waals surface area contributed by atoms with Gasteiger partial charge in [0, 0.05) is 5.56 Å². The number of carbonyl (C=O) groups is 3. The predicted octanol–water partition coefficient (Wildman–Crippen LogP) is 10.5. The zero-order valence-corrected chi connectivity index (χ0v) is 47.8. The van der Waals surface area contributed by atoms with Gasteiger partial charge in [-0.05, 0) is 23.6 Å². The van der Waals surface area contributed by atoms with Gasteiger partial charge in [-0.2, -0.15) is 0 Å². The number of nitrogens with one attached hydrogen (secondary N) is 3. The topological polar surface area (TPSA) is 210 Å². The molecule has 0 bridgehead atoms. The van der Waals surface area contributed by atoms with Gasteiger partial charge in [0.2, 0.25) is 19.8 Å². The number of rotatable bonds is 20. The van der Waals surface area contributed by atoms with Crippen molar-refractivity contribution in [2.75, 3.05) is 26.4 Å². The second kappa shape index (κ2) is 29.1. The number of halogens is 9. The molecule has 12 atom stereocenters. The van der Waals surface area contributed by atoms with E-state index in [1.807, 2.05) is 91.0 Å². The van der Waals surface area contributed by atoms with Crippen molar-refractivity contribution in [3.8, 4) is 0 Å². The van der Waals surface area contributed by atoms with Crippen molar-refractivity contribution in [2.45, 2.75) is 112 Å². The highest BCUT2D eigenvalue weighted by Gasteiger charge is 2.57. The van der Waals surface area contributed by atoms with Gasteiger partial charge >= 0.3 is 18.2 Å². The van der Waals surface area contributed by atoms with Crippen LogP contribution < -0.4 is 10.6 Å². The number of ether oxygens (including phenoxy) is 12. The van der Waals surface area contributed by atoms with E-state index in [1.165, 1.54) is 6.92 Å². The minimum absolute atomic E-state index is 0.0112. The number of fused-ring (bicyclic) bond motifs is 1. The molecule has 0 saturated carbocycles. The van der Waals surface area contributed by atoms with Gasteiger partial charge < -0.3 is 67.5 Å². The maximum absolute atomic E-state index is 14.0. The number of alkyl carbamates (subject to hydrolysis) is 2. The van der Waals surface area contributed by atoms with E-state index in [4.69, 9.17) is 167 Å². The first-order valence-electron chi connectivity index (χ1n) is 23.8. The molecule has 3 N–H and O–H groups in total. The van der Waals surface area contributed by atoms with Gasteiger partial charge in [-0.25, -0.2) is 14.4 Å². The molecule has 3 aliphatic rings. The summed E-state index contributed by atoms with van der Waals surface area (Å²) < 4.78 is 68.4. The Labute approximate surface area is 494 Å². The molecular formula is C51H52Cl9N3O15. The molecule has 2 amide bonds. The summed E-state index contributed by atoms with van der Waals surface area (Å²) >= 11 is 54.4. The molecular weight excluding hydrogens is 1210 g/mol. The lowest BCUT2D eigenvalue weighted by Gasteiger charge is -2.52. The molecule has 3 fully saturated rings. The lowest BCUT2D eigenvalue weighted by Crippen LogP contribution is -2.71. The second-order valence-electron chi connectivity index (χ2n) is 17.6. The van der Waals surface area contributed by atoms with Crippen LogP contribution in [0.15, 0.2) is 121 Å². The molecule has 0 radical (unpaired) electrons. The number of benzene rings is 4. The normalized spacial score (nSPS) is 25.8. The van der Waals surface area contributed by atoms with Crippen molar-refractivity contribution in [3.05, 3.63) is 144 Å². The highest BCUT2D eigenvalue weighted by atomic mass is 35.6. The van der Waals surface area contributed by atoms with Crippen molar-refractivity contribution in [3.63, 3.8) is 0 Å². The van der Waals surface area contributed by atoms with E-state index >= 15 is 0 Å². The van der Waals surface area contributed by atoms with Gasteiger partial charge in [0.15, 0.2) is 18.7 Å². The van der Waals surface area contributed by atoms with Gasteiger partial charge in [-0.1, -0.05) is 226 Å². The number of hydrogen-bond acceptors (Lipinski definition) is 16. The Morgan fingerprint density at radius 2 is 1.14 bits per heavy atom. The maximum Gasteiger partial charge on any atom is 0.407 e. The van der Waals surface area contributed by atoms with Crippen molar-refractivity contribution >= 4 is 128 Å². The fourth-order valence-electron chi connectivity index (χ4n) is 8.20. The Bertz CT molecular complexity index is 2540. The summed E-state index contributed by atoms with van der Waals surface area (Å²) in [6.07, 6.45) is -16.1. The van der Waals surface area contributed by atoms with Crippen LogP contribution >= 0.6 is 104 Å². The van der Waals surface area contributed by atoms with E-state index < -0.39 is 122 Å². The Hall–Kier alpha value is -3.35. The molecule has 0 spiro atoms. The summed E-state index contributed by atoms with van der Waals surface area (Å²) in [6, 6.07) is 33.0. The van der Waals surface area contributed by atoms with Crippen molar-refractivity contribution in [1.82, 2.24) is 10.6 Å². The quantitative estimate of drug-likeness (QED) is 0.0247. The first-order valence-corrected chi connectivity index (χ1v) is 27.2. The van der Waals surface area contributed by atoms with Crippen molar-refractivity contribution in [2.24, 2.45) is 0 Å². The molecule has 18 nitrogen and oxygen atoms in total. The minimum atomic E-state index is -2.49. The SMILES string of the molecule is CC(O[C@H]1[C@H](O[C@@H]2O[C@@H]3COC(c4ccccc4)O[C@H]3[C@H](OCc3ccccc3)[C@H]2NC(=O)OCC(Cl)(Cl)Cl)[C@@H](COCc2ccccc2)OC(OC(=N)C(Cl)(Cl)Cl)[C@@H]1NC(=O)OCC(Cl)(Cl)Cl)C(=O)OCc1ccccc1. The van der Waals surface area contributed by atoms with Crippen molar-refractivity contribution < 1.29 is 71.2 Å². The summed E-state index contributed by atoms with van der Waals surface area (Å²) in [4.78, 5) is 41.8. The van der Waals surface area contributed by atoms with Gasteiger partial charge in [0.1, 0.15) is 68.5 Å². The van der Waals surface area contributed by atoms with Crippen LogP contribution in [0.3, 0.4) is 0 Å². The van der Waals surface area contributed by atoms with Crippen LogP contribution in [0.1, 0.15) is 35.5 Å². The Balaban J connectivity index is 1.33. The largest absolute Gasteiger partial charge is 0.459 e. The summed E-state index contributed by atoms with van der Waals surface area (Å²) in [7, 11) is 0. The third-order valence-corrected chi connectivity index (χ3v) is 12.9. The zero-order valence-electron chi connectivity index (χ0n) is 41.0. The van der Waals surface area contributed by atoms with E-state index in [9.17, 15) is 14.4 Å². The molecule has 3 saturated heterocycles. The fourth-order valence-corrected chi connectivity index (χ4v) is 8.66. The molecule has 4 aromatic carbocycles. The van der Waals surface area contributed by atoms with Crippen LogP contribution in [-0.4, -0.2) is 129 Å². The smallest absolute Gasteiger partial charge is 0.407 e. The van der Waals surface area contributed by atoms with Gasteiger partial charge in [0.05, 0.1) is 26.4 Å². The minimum Gasteiger partial charge on any atom is -0.459 e. The van der Waals surface area contributed by atoms with Crippen LogP contribution in [0.2, 0.25) is 0 Å². The van der Waals surface area contributed by atoms with Crippen LogP contribution in [-0.2, 0) is 81.5 Å². The van der Waals surface area contributed by atoms with Crippen LogP contribution in [0, 0.1) is 5.41 Å². The molecule has 3 heterocycles. The first-order chi connectivity index (χ1) is 37.1. The van der Waals surface area contributed by atoms with E-state index in [2.05, 4.69) is 10.6 Å². The first kappa shape index (κ1) is 62.3. The van der Waals surface area contributed by atoms with E-state index in [-0.39, 0.29) is 33.0 Å². The molecule has 0 aromatic heterocycles. The molecule has 78 heavy (non-hydrogen) atoms. The molecule has 27 heteroatoms. The van der Waals surface area contributed by atoms with E-state index in [1.54, 1.807) is 30.3 Å². The Kier molecular flexibility index (Phi) is 23.2. The monoisotopic (exact) mass is 1260 g/mol. The summed E-state index contributed by atoms with van der Waals surface area (Å²) in [5.41, 5.74) is 2.81. The Morgan fingerprint density at radius 3 is 1.68 bits per heavy atom. The number of alkyl halides is 9. The van der Waals surface area contributed by atoms with Gasteiger partial charge in [0.25, 0.3) is 3.79 Å². The third kappa shape index (κ3) is 19.1. The number of carbonyl (C=O) groups excluding carboxylic acids is 3. The molecule has 4 aromatic rings. The molecule has 3 unspecified atom stereocenters. The highest BCUT2D eigenvalue weighted by Crippen LogP contribution is 2.40. The number of esters is 1. The third-order valence-electron chi connectivity index (χ3n) is 11.7. The van der Waals surface area contributed by atoms with Crippen LogP contribution in [0.5, 0.6) is 0 Å². The lowest BCUT2D eigenvalue weighted by atomic mass is 9.93. The molecule has 0 aliphatic carbocycles. The Morgan fingerprint density at radius 1 is 0.628 bits per heavy atom. The summed E-state index contributed by atoms with van der Waals surface area (Å²) in [5, 5.41) is 14.0. The predicted molar refractivity (Wildman–Crippen MR) is 290 cm³/mol. The number of amides is 2. The molecule has 3 aliphatic heterocycles. The van der Waals surface area contributed by atoms with E-state index in [0.29, 0.717) is 11.1 Å². The highest BCUT2D eigenvalue weighted by molar-refractivity contribution is 6.76.